The van der Waals surface area contributed by atoms with Gasteiger partial charge in [0.2, 0.25) is 5.91 Å². The predicted octanol–water partition coefficient (Wildman–Crippen LogP) is 1.63. The lowest BCUT2D eigenvalue weighted by molar-refractivity contribution is -0.136. The van der Waals surface area contributed by atoms with Gasteiger partial charge in [-0.15, -0.1) is 0 Å². The number of ether oxygens (including phenoxy) is 1. The summed E-state index contributed by atoms with van der Waals surface area (Å²) in [6, 6.07) is 7.93. The summed E-state index contributed by atoms with van der Waals surface area (Å²) in [6.45, 7) is 7.77. The number of sulfone groups is 1. The standard InChI is InChI=1S/C21H33N3O4S/c1-4-17(2)24(19-9-14-29(26,27)16-19)21(25)15-22-10-12-23(13-11-22)18-5-7-20(28-3)8-6-18/h5-8,17,19H,4,9-16H2,1-3H3/t17-,19-/m0/s1. The van der Waals surface area contributed by atoms with Crippen molar-refractivity contribution in [3.8, 4) is 5.75 Å². The van der Waals surface area contributed by atoms with Crippen molar-refractivity contribution in [1.82, 2.24) is 9.80 Å². The molecule has 2 heterocycles. The first kappa shape index (κ1) is 21.9. The molecule has 3 rings (SSSR count). The number of hydrogen-bond donors (Lipinski definition) is 0. The summed E-state index contributed by atoms with van der Waals surface area (Å²) in [7, 11) is -1.35. The molecule has 8 heteroatoms. The van der Waals surface area contributed by atoms with E-state index >= 15 is 0 Å². The summed E-state index contributed by atoms with van der Waals surface area (Å²) in [6.07, 6.45) is 1.39. The Bertz CT molecular complexity index is 789. The molecular formula is C21H33N3O4S. The molecule has 0 spiro atoms. The third-order valence-electron chi connectivity index (χ3n) is 6.12. The summed E-state index contributed by atoms with van der Waals surface area (Å²) in [4.78, 5) is 19.4. The van der Waals surface area contributed by atoms with E-state index in [9.17, 15) is 13.2 Å². The topological polar surface area (TPSA) is 70.2 Å². The smallest absolute Gasteiger partial charge is 0.237 e. The number of piperazine rings is 1. The minimum Gasteiger partial charge on any atom is -0.497 e. The van der Waals surface area contributed by atoms with E-state index in [1.54, 1.807) is 7.11 Å². The highest BCUT2D eigenvalue weighted by Crippen LogP contribution is 2.23. The molecule has 0 aromatic heterocycles. The number of hydrogen-bond acceptors (Lipinski definition) is 6. The van der Waals surface area contributed by atoms with Crippen LogP contribution in [0.4, 0.5) is 5.69 Å². The Morgan fingerprint density at radius 2 is 1.86 bits per heavy atom. The first-order chi connectivity index (χ1) is 13.8. The first-order valence-electron chi connectivity index (χ1n) is 10.5. The van der Waals surface area contributed by atoms with Crippen molar-refractivity contribution < 1.29 is 17.9 Å². The lowest BCUT2D eigenvalue weighted by atomic mass is 10.1. The monoisotopic (exact) mass is 423 g/mol. The van der Waals surface area contributed by atoms with Gasteiger partial charge in [-0.3, -0.25) is 9.69 Å². The number of anilines is 1. The fraction of sp³-hybridized carbons (Fsp3) is 0.667. The van der Waals surface area contributed by atoms with Crippen LogP contribution >= 0.6 is 0 Å². The number of carbonyl (C=O) groups is 1. The molecule has 0 N–H and O–H groups in total. The van der Waals surface area contributed by atoms with Crippen LogP contribution in [0.25, 0.3) is 0 Å². The van der Waals surface area contributed by atoms with Gasteiger partial charge in [-0.2, -0.15) is 0 Å². The van der Waals surface area contributed by atoms with Crippen LogP contribution in [0.15, 0.2) is 24.3 Å². The van der Waals surface area contributed by atoms with Crippen LogP contribution in [0.2, 0.25) is 0 Å². The third-order valence-corrected chi connectivity index (χ3v) is 7.87. The number of rotatable bonds is 7. The molecule has 1 aromatic carbocycles. The lowest BCUT2D eigenvalue weighted by Crippen LogP contribution is -2.53. The van der Waals surface area contributed by atoms with Crippen LogP contribution in [-0.2, 0) is 14.6 Å². The Morgan fingerprint density at radius 3 is 2.38 bits per heavy atom. The quantitative estimate of drug-likeness (QED) is 0.664. The Balaban J connectivity index is 1.57. The highest BCUT2D eigenvalue weighted by Gasteiger charge is 2.37. The first-order valence-corrected chi connectivity index (χ1v) is 12.3. The molecule has 7 nitrogen and oxygen atoms in total. The van der Waals surface area contributed by atoms with Gasteiger partial charge in [0.25, 0.3) is 0 Å². The van der Waals surface area contributed by atoms with E-state index in [1.807, 2.05) is 30.9 Å². The van der Waals surface area contributed by atoms with Gasteiger partial charge < -0.3 is 14.5 Å². The van der Waals surface area contributed by atoms with Crippen molar-refractivity contribution in [1.29, 1.82) is 0 Å². The molecule has 162 valence electrons. The Hall–Kier alpha value is -1.80. The van der Waals surface area contributed by atoms with E-state index in [-0.39, 0.29) is 29.5 Å². The van der Waals surface area contributed by atoms with Gasteiger partial charge in [0.1, 0.15) is 5.75 Å². The van der Waals surface area contributed by atoms with Crippen molar-refractivity contribution in [3.05, 3.63) is 24.3 Å². The Morgan fingerprint density at radius 1 is 1.21 bits per heavy atom. The number of methoxy groups -OCH3 is 1. The molecule has 2 aliphatic heterocycles. The molecule has 2 aliphatic rings. The molecule has 0 radical (unpaired) electrons. The number of benzene rings is 1. The summed E-state index contributed by atoms with van der Waals surface area (Å²) in [5.74, 6) is 1.20. The number of nitrogens with zero attached hydrogens (tertiary/aromatic N) is 3. The normalized spacial score (nSPS) is 23.0. The van der Waals surface area contributed by atoms with E-state index in [2.05, 4.69) is 21.9 Å². The van der Waals surface area contributed by atoms with Gasteiger partial charge in [0.05, 0.1) is 25.2 Å². The molecule has 29 heavy (non-hydrogen) atoms. The summed E-state index contributed by atoms with van der Waals surface area (Å²) < 4.78 is 29.1. The van der Waals surface area contributed by atoms with Crippen molar-refractivity contribution in [3.63, 3.8) is 0 Å². The van der Waals surface area contributed by atoms with E-state index in [0.717, 1.165) is 44.0 Å². The van der Waals surface area contributed by atoms with Crippen LogP contribution in [-0.4, -0.2) is 87.5 Å². The second-order valence-corrected chi connectivity index (χ2v) is 10.3. The van der Waals surface area contributed by atoms with Crippen molar-refractivity contribution in [2.24, 2.45) is 0 Å². The zero-order valence-corrected chi connectivity index (χ0v) is 18.5. The SMILES string of the molecule is CC[C@H](C)N(C(=O)CN1CCN(c2ccc(OC)cc2)CC1)[C@H]1CCS(=O)(=O)C1. The average molecular weight is 424 g/mol. The molecule has 0 unspecified atom stereocenters. The molecular weight excluding hydrogens is 390 g/mol. The van der Waals surface area contributed by atoms with Crippen LogP contribution in [0.3, 0.4) is 0 Å². The maximum Gasteiger partial charge on any atom is 0.237 e. The molecule has 2 saturated heterocycles. The zero-order valence-electron chi connectivity index (χ0n) is 17.7. The minimum atomic E-state index is -3.01. The second kappa shape index (κ2) is 9.34. The average Bonchev–Trinajstić information content (AvgIpc) is 3.07. The van der Waals surface area contributed by atoms with E-state index in [4.69, 9.17) is 4.74 Å². The molecule has 0 bridgehead atoms. The van der Waals surface area contributed by atoms with E-state index in [1.165, 1.54) is 0 Å². The Kier molecular flexibility index (Phi) is 7.05. The molecule has 2 atom stereocenters. The highest BCUT2D eigenvalue weighted by atomic mass is 32.2. The zero-order chi connectivity index (χ0) is 21.0. The maximum atomic E-state index is 13.1. The summed E-state index contributed by atoms with van der Waals surface area (Å²) in [5, 5.41) is 0. The van der Waals surface area contributed by atoms with Gasteiger partial charge in [0, 0.05) is 44.0 Å². The van der Waals surface area contributed by atoms with Gasteiger partial charge in [-0.1, -0.05) is 6.92 Å². The number of amides is 1. The molecule has 0 aliphatic carbocycles. The lowest BCUT2D eigenvalue weighted by Gasteiger charge is -2.39. The van der Waals surface area contributed by atoms with Crippen molar-refractivity contribution in [2.75, 3.05) is 56.2 Å². The molecule has 0 saturated carbocycles. The van der Waals surface area contributed by atoms with Crippen LogP contribution in [0.5, 0.6) is 5.75 Å². The van der Waals surface area contributed by atoms with Gasteiger partial charge in [-0.25, -0.2) is 8.42 Å². The maximum absolute atomic E-state index is 13.1. The van der Waals surface area contributed by atoms with Crippen LogP contribution in [0, 0.1) is 0 Å². The highest BCUT2D eigenvalue weighted by molar-refractivity contribution is 7.91. The summed E-state index contributed by atoms with van der Waals surface area (Å²) >= 11 is 0. The predicted molar refractivity (Wildman–Crippen MR) is 115 cm³/mol. The minimum absolute atomic E-state index is 0.0550. The van der Waals surface area contributed by atoms with Crippen LogP contribution < -0.4 is 9.64 Å². The molecule has 1 amide bonds. The van der Waals surface area contributed by atoms with Gasteiger partial charge in [0.15, 0.2) is 9.84 Å². The number of carbonyl (C=O) groups excluding carboxylic acids is 1. The molecule has 2 fully saturated rings. The fourth-order valence-corrected chi connectivity index (χ4v) is 5.94. The summed E-state index contributed by atoms with van der Waals surface area (Å²) in [5.41, 5.74) is 1.16. The Labute approximate surface area is 174 Å². The van der Waals surface area contributed by atoms with Crippen molar-refractivity contribution in [2.45, 2.75) is 38.8 Å². The van der Waals surface area contributed by atoms with Gasteiger partial charge >= 0.3 is 0 Å². The van der Waals surface area contributed by atoms with Gasteiger partial charge in [-0.05, 0) is 44.0 Å². The largest absolute Gasteiger partial charge is 0.497 e. The fourth-order valence-electron chi connectivity index (χ4n) is 4.23. The van der Waals surface area contributed by atoms with E-state index < -0.39 is 9.84 Å². The second-order valence-electron chi connectivity index (χ2n) is 8.08. The van der Waals surface area contributed by atoms with Crippen molar-refractivity contribution >= 4 is 21.4 Å². The van der Waals surface area contributed by atoms with Crippen LogP contribution in [0.1, 0.15) is 26.7 Å². The van der Waals surface area contributed by atoms with E-state index in [0.29, 0.717) is 13.0 Å². The third kappa shape index (κ3) is 5.42. The molecule has 1 aromatic rings.